The zero-order valence-electron chi connectivity index (χ0n) is 18.9. The van der Waals surface area contributed by atoms with Gasteiger partial charge in [-0.15, -0.1) is 0 Å². The lowest BCUT2D eigenvalue weighted by molar-refractivity contribution is -0.384. The van der Waals surface area contributed by atoms with Crippen LogP contribution in [0, 0.1) is 24.0 Å². The summed E-state index contributed by atoms with van der Waals surface area (Å²) in [5.41, 5.74) is 4.98. The zero-order chi connectivity index (χ0) is 23.4. The molecule has 1 atom stereocenters. The van der Waals surface area contributed by atoms with Crippen LogP contribution in [0.15, 0.2) is 72.8 Å². The van der Waals surface area contributed by atoms with E-state index in [2.05, 4.69) is 15.1 Å². The summed E-state index contributed by atoms with van der Waals surface area (Å²) in [5.74, 6) is -0.0429. The maximum Gasteiger partial charge on any atom is 0.269 e. The summed E-state index contributed by atoms with van der Waals surface area (Å²) in [6.45, 7) is 6.89. The van der Waals surface area contributed by atoms with E-state index in [1.165, 1.54) is 12.1 Å². The highest BCUT2D eigenvalue weighted by molar-refractivity contribution is 5.96. The first-order valence-electron chi connectivity index (χ1n) is 11.1. The first kappa shape index (κ1) is 22.5. The van der Waals surface area contributed by atoms with Gasteiger partial charge in [0.25, 0.3) is 5.69 Å². The Morgan fingerprint density at radius 1 is 0.939 bits per heavy atom. The van der Waals surface area contributed by atoms with Crippen LogP contribution in [-0.4, -0.2) is 41.9 Å². The Bertz CT molecular complexity index is 1120. The number of carbonyl (C=O) groups is 1. The average molecular weight is 445 g/mol. The molecule has 0 aliphatic carbocycles. The third-order valence-corrected chi connectivity index (χ3v) is 6.12. The fraction of sp³-hybridized carbons (Fsp3) is 0.269. The molecule has 1 saturated heterocycles. The number of amides is 1. The molecule has 4 rings (SSSR count). The Morgan fingerprint density at radius 3 is 2.24 bits per heavy atom. The number of non-ortho nitro benzene ring substituents is 1. The molecule has 0 spiro atoms. The SMILES string of the molecule is Cc1ccc(C)c(NC(=O)C(c2ccccc2)N2CCN(c3ccc([N+](=O)[O-])cc3)CC2)c1. The fourth-order valence-corrected chi connectivity index (χ4v) is 4.26. The second-order valence-electron chi connectivity index (χ2n) is 8.42. The Labute approximate surface area is 193 Å². The van der Waals surface area contributed by atoms with E-state index < -0.39 is 6.04 Å². The second-order valence-corrected chi connectivity index (χ2v) is 8.42. The summed E-state index contributed by atoms with van der Waals surface area (Å²) in [6, 6.07) is 22.2. The van der Waals surface area contributed by atoms with E-state index in [1.807, 2.05) is 62.4 Å². The highest BCUT2D eigenvalue weighted by Crippen LogP contribution is 2.27. The van der Waals surface area contributed by atoms with E-state index in [0.717, 1.165) is 41.2 Å². The van der Waals surface area contributed by atoms with Gasteiger partial charge in [0.15, 0.2) is 0 Å². The van der Waals surface area contributed by atoms with Crippen LogP contribution < -0.4 is 10.2 Å². The molecule has 7 nitrogen and oxygen atoms in total. The van der Waals surface area contributed by atoms with Gasteiger partial charge in [-0.3, -0.25) is 19.8 Å². The molecule has 3 aromatic carbocycles. The normalized spacial score (nSPS) is 15.2. The fourth-order valence-electron chi connectivity index (χ4n) is 4.26. The van der Waals surface area contributed by atoms with Crippen molar-refractivity contribution < 1.29 is 9.72 Å². The number of rotatable bonds is 6. The maximum absolute atomic E-state index is 13.5. The largest absolute Gasteiger partial charge is 0.369 e. The molecule has 0 bridgehead atoms. The predicted molar refractivity (Wildman–Crippen MR) is 131 cm³/mol. The molecule has 1 unspecified atom stereocenters. The third kappa shape index (κ3) is 5.21. The van der Waals surface area contributed by atoms with Crippen LogP contribution in [0.3, 0.4) is 0 Å². The first-order valence-corrected chi connectivity index (χ1v) is 11.1. The third-order valence-electron chi connectivity index (χ3n) is 6.12. The maximum atomic E-state index is 13.5. The summed E-state index contributed by atoms with van der Waals surface area (Å²) in [6.07, 6.45) is 0. The lowest BCUT2D eigenvalue weighted by atomic mass is 10.0. The number of benzene rings is 3. The van der Waals surface area contributed by atoms with Crippen LogP contribution >= 0.6 is 0 Å². The highest BCUT2D eigenvalue weighted by Gasteiger charge is 2.31. The molecule has 7 heteroatoms. The number of carbonyl (C=O) groups excluding carboxylic acids is 1. The van der Waals surface area contributed by atoms with Crippen LogP contribution in [0.25, 0.3) is 0 Å². The molecule has 3 aromatic rings. The number of piperazine rings is 1. The molecule has 0 saturated carbocycles. The Balaban J connectivity index is 1.51. The first-order chi connectivity index (χ1) is 15.9. The molecule has 1 aliphatic heterocycles. The van der Waals surface area contributed by atoms with Gasteiger partial charge in [0, 0.05) is 49.7 Å². The van der Waals surface area contributed by atoms with E-state index in [1.54, 1.807) is 12.1 Å². The van der Waals surface area contributed by atoms with Crippen molar-refractivity contribution in [3.63, 3.8) is 0 Å². The van der Waals surface area contributed by atoms with Gasteiger partial charge >= 0.3 is 0 Å². The molecule has 0 radical (unpaired) electrons. The van der Waals surface area contributed by atoms with Gasteiger partial charge in [0.1, 0.15) is 6.04 Å². The van der Waals surface area contributed by atoms with Crippen LogP contribution in [0.4, 0.5) is 17.1 Å². The minimum Gasteiger partial charge on any atom is -0.369 e. The quantitative estimate of drug-likeness (QED) is 0.440. The van der Waals surface area contributed by atoms with Crippen LogP contribution in [0.2, 0.25) is 0 Å². The highest BCUT2D eigenvalue weighted by atomic mass is 16.6. The average Bonchev–Trinajstić information content (AvgIpc) is 2.83. The molecule has 1 N–H and O–H groups in total. The minimum atomic E-state index is -0.398. The van der Waals surface area contributed by atoms with Crippen LogP contribution in [0.5, 0.6) is 0 Å². The van der Waals surface area contributed by atoms with Crippen molar-refractivity contribution in [3.05, 3.63) is 99.6 Å². The summed E-state index contributed by atoms with van der Waals surface area (Å²) in [5, 5.41) is 14.1. The van der Waals surface area contributed by atoms with Gasteiger partial charge < -0.3 is 10.2 Å². The number of nitrogens with one attached hydrogen (secondary N) is 1. The smallest absolute Gasteiger partial charge is 0.269 e. The summed E-state index contributed by atoms with van der Waals surface area (Å²) in [7, 11) is 0. The second kappa shape index (κ2) is 9.83. The van der Waals surface area contributed by atoms with Crippen molar-refractivity contribution in [2.24, 2.45) is 0 Å². The topological polar surface area (TPSA) is 78.7 Å². The van der Waals surface area contributed by atoms with Crippen molar-refractivity contribution in [2.75, 3.05) is 36.4 Å². The number of hydrogen-bond donors (Lipinski definition) is 1. The zero-order valence-corrected chi connectivity index (χ0v) is 18.9. The van der Waals surface area contributed by atoms with Crippen molar-refractivity contribution >= 4 is 23.0 Å². The standard InChI is InChI=1S/C26H28N4O3/c1-19-8-9-20(2)24(18-19)27-26(31)25(21-6-4-3-5-7-21)29-16-14-28(15-17-29)22-10-12-23(13-11-22)30(32)33/h3-13,18,25H,14-17H2,1-2H3,(H,27,31). The Kier molecular flexibility index (Phi) is 6.70. The Morgan fingerprint density at radius 2 is 1.61 bits per heavy atom. The predicted octanol–water partition coefficient (Wildman–Crippen LogP) is 4.71. The number of anilines is 2. The number of aryl methyl sites for hydroxylation is 2. The van der Waals surface area contributed by atoms with E-state index in [0.29, 0.717) is 13.1 Å². The van der Waals surface area contributed by atoms with Gasteiger partial charge in [0.2, 0.25) is 5.91 Å². The summed E-state index contributed by atoms with van der Waals surface area (Å²) in [4.78, 5) is 28.4. The van der Waals surface area contributed by atoms with Gasteiger partial charge in [-0.05, 0) is 48.7 Å². The minimum absolute atomic E-state index is 0.0429. The van der Waals surface area contributed by atoms with Crippen LogP contribution in [0.1, 0.15) is 22.7 Å². The number of nitro benzene ring substituents is 1. The van der Waals surface area contributed by atoms with E-state index in [-0.39, 0.29) is 16.5 Å². The number of nitro groups is 1. The number of hydrogen-bond acceptors (Lipinski definition) is 5. The van der Waals surface area contributed by atoms with Crippen LogP contribution in [-0.2, 0) is 4.79 Å². The van der Waals surface area contributed by atoms with Crippen molar-refractivity contribution in [1.82, 2.24) is 4.90 Å². The Hall–Kier alpha value is -3.71. The van der Waals surface area contributed by atoms with E-state index >= 15 is 0 Å². The number of nitrogens with zero attached hydrogens (tertiary/aromatic N) is 3. The van der Waals surface area contributed by atoms with Gasteiger partial charge in [0.05, 0.1) is 4.92 Å². The van der Waals surface area contributed by atoms with Crippen molar-refractivity contribution in [1.29, 1.82) is 0 Å². The molecule has 0 aromatic heterocycles. The molecule has 33 heavy (non-hydrogen) atoms. The van der Waals surface area contributed by atoms with Gasteiger partial charge in [-0.25, -0.2) is 0 Å². The summed E-state index contributed by atoms with van der Waals surface area (Å²) >= 11 is 0. The molecule has 1 aliphatic rings. The van der Waals surface area contributed by atoms with Crippen molar-refractivity contribution in [2.45, 2.75) is 19.9 Å². The molecule has 170 valence electrons. The van der Waals surface area contributed by atoms with Crippen molar-refractivity contribution in [3.8, 4) is 0 Å². The summed E-state index contributed by atoms with van der Waals surface area (Å²) < 4.78 is 0. The molecule has 1 fully saturated rings. The lowest BCUT2D eigenvalue weighted by Crippen LogP contribution is -2.50. The molecule has 1 heterocycles. The molecule has 1 amide bonds. The molecular formula is C26H28N4O3. The molecular weight excluding hydrogens is 416 g/mol. The lowest BCUT2D eigenvalue weighted by Gasteiger charge is -2.39. The van der Waals surface area contributed by atoms with Gasteiger partial charge in [-0.1, -0.05) is 42.5 Å². The monoisotopic (exact) mass is 444 g/mol. The van der Waals surface area contributed by atoms with E-state index in [9.17, 15) is 14.9 Å². The van der Waals surface area contributed by atoms with Gasteiger partial charge in [-0.2, -0.15) is 0 Å². The van der Waals surface area contributed by atoms with E-state index in [4.69, 9.17) is 0 Å².